The van der Waals surface area contributed by atoms with Gasteiger partial charge in [-0.25, -0.2) is 0 Å². The Hall–Kier alpha value is -2.46. The van der Waals surface area contributed by atoms with E-state index in [0.717, 1.165) is 11.1 Å². The molecule has 1 amide bonds. The molecular formula is C20H22ClNO3. The molecule has 0 aliphatic heterocycles. The first-order valence-electron chi connectivity index (χ1n) is 7.98. The van der Waals surface area contributed by atoms with E-state index in [9.17, 15) is 4.79 Å². The number of amides is 1. The highest BCUT2D eigenvalue weighted by molar-refractivity contribution is 6.32. The third kappa shape index (κ3) is 5.26. The monoisotopic (exact) mass is 359 g/mol. The van der Waals surface area contributed by atoms with Crippen molar-refractivity contribution in [2.24, 2.45) is 0 Å². The van der Waals surface area contributed by atoms with Gasteiger partial charge in [-0.3, -0.25) is 4.79 Å². The first-order chi connectivity index (χ1) is 11.9. The zero-order chi connectivity index (χ0) is 18.4. The van der Waals surface area contributed by atoms with Gasteiger partial charge in [0, 0.05) is 10.7 Å². The van der Waals surface area contributed by atoms with Crippen LogP contribution < -0.4 is 14.8 Å². The zero-order valence-electron chi connectivity index (χ0n) is 14.6. The Bertz CT molecular complexity index is 733. The molecule has 0 saturated heterocycles. The fourth-order valence-corrected chi connectivity index (χ4v) is 2.37. The molecule has 0 heterocycles. The lowest BCUT2D eigenvalue weighted by Crippen LogP contribution is -2.30. The molecule has 0 bridgehead atoms. The number of nitrogens with one attached hydrogen (secondary N) is 1. The SMILES string of the molecule is C=CCOc1ccc(NC(=O)[C@@H](C)Oc2cc(C)c(Cl)c(C)c2)cc1. The molecule has 1 N–H and O–H groups in total. The van der Waals surface area contributed by atoms with E-state index in [0.29, 0.717) is 28.8 Å². The van der Waals surface area contributed by atoms with Crippen LogP contribution in [0.2, 0.25) is 5.02 Å². The number of benzene rings is 2. The second-order valence-electron chi connectivity index (χ2n) is 5.74. The molecule has 2 rings (SSSR count). The Morgan fingerprint density at radius 2 is 1.80 bits per heavy atom. The number of aryl methyl sites for hydroxylation is 2. The number of hydrogen-bond acceptors (Lipinski definition) is 3. The summed E-state index contributed by atoms with van der Waals surface area (Å²) in [5, 5.41) is 3.53. The van der Waals surface area contributed by atoms with Crippen molar-refractivity contribution in [2.75, 3.05) is 11.9 Å². The number of ether oxygens (including phenoxy) is 2. The van der Waals surface area contributed by atoms with Crippen LogP contribution in [-0.2, 0) is 4.79 Å². The highest BCUT2D eigenvalue weighted by Crippen LogP contribution is 2.26. The van der Waals surface area contributed by atoms with Gasteiger partial charge in [-0.1, -0.05) is 24.3 Å². The maximum absolute atomic E-state index is 12.3. The predicted molar refractivity (Wildman–Crippen MR) is 102 cm³/mol. The van der Waals surface area contributed by atoms with Gasteiger partial charge in [0.1, 0.15) is 18.1 Å². The average Bonchev–Trinajstić information content (AvgIpc) is 2.59. The van der Waals surface area contributed by atoms with Gasteiger partial charge in [-0.15, -0.1) is 0 Å². The number of anilines is 1. The second kappa shape index (κ2) is 8.58. The number of halogens is 1. The smallest absolute Gasteiger partial charge is 0.265 e. The second-order valence-corrected chi connectivity index (χ2v) is 6.12. The van der Waals surface area contributed by atoms with Crippen molar-refractivity contribution in [3.8, 4) is 11.5 Å². The maximum atomic E-state index is 12.3. The van der Waals surface area contributed by atoms with E-state index in [2.05, 4.69) is 11.9 Å². The molecule has 0 radical (unpaired) electrons. The minimum Gasteiger partial charge on any atom is -0.490 e. The van der Waals surface area contributed by atoms with E-state index < -0.39 is 6.10 Å². The van der Waals surface area contributed by atoms with Gasteiger partial charge in [-0.05, 0) is 68.3 Å². The predicted octanol–water partition coefficient (Wildman–Crippen LogP) is 4.93. The Morgan fingerprint density at radius 3 is 2.36 bits per heavy atom. The summed E-state index contributed by atoms with van der Waals surface area (Å²) in [4.78, 5) is 12.3. The molecular weight excluding hydrogens is 338 g/mol. The van der Waals surface area contributed by atoms with Crippen molar-refractivity contribution in [1.82, 2.24) is 0 Å². The van der Waals surface area contributed by atoms with Gasteiger partial charge >= 0.3 is 0 Å². The number of carbonyl (C=O) groups is 1. The van der Waals surface area contributed by atoms with Gasteiger partial charge in [0.15, 0.2) is 6.10 Å². The molecule has 0 fully saturated rings. The Morgan fingerprint density at radius 1 is 1.20 bits per heavy atom. The summed E-state index contributed by atoms with van der Waals surface area (Å²) in [6.07, 6.45) is 1.03. The Kier molecular flexibility index (Phi) is 6.48. The number of carbonyl (C=O) groups excluding carboxylic acids is 1. The van der Waals surface area contributed by atoms with E-state index in [-0.39, 0.29) is 5.91 Å². The lowest BCUT2D eigenvalue weighted by Gasteiger charge is -2.16. The van der Waals surface area contributed by atoms with Crippen LogP contribution in [0.5, 0.6) is 11.5 Å². The molecule has 5 heteroatoms. The van der Waals surface area contributed by atoms with Crippen LogP contribution in [0, 0.1) is 13.8 Å². The highest BCUT2D eigenvalue weighted by Gasteiger charge is 2.16. The molecule has 2 aromatic rings. The summed E-state index contributed by atoms with van der Waals surface area (Å²) >= 11 is 6.15. The van der Waals surface area contributed by atoms with Crippen LogP contribution in [0.3, 0.4) is 0 Å². The van der Waals surface area contributed by atoms with E-state index in [1.807, 2.05) is 26.0 Å². The molecule has 0 aliphatic rings. The first-order valence-corrected chi connectivity index (χ1v) is 8.36. The molecule has 1 atom stereocenters. The average molecular weight is 360 g/mol. The first kappa shape index (κ1) is 18.9. The van der Waals surface area contributed by atoms with Crippen LogP contribution >= 0.6 is 11.6 Å². The number of hydrogen-bond donors (Lipinski definition) is 1. The van der Waals surface area contributed by atoms with Crippen molar-refractivity contribution < 1.29 is 14.3 Å². The largest absolute Gasteiger partial charge is 0.490 e. The van der Waals surface area contributed by atoms with Gasteiger partial charge in [-0.2, -0.15) is 0 Å². The fraction of sp³-hybridized carbons (Fsp3) is 0.250. The summed E-state index contributed by atoms with van der Waals surface area (Å²) in [5.74, 6) is 1.11. The molecule has 0 saturated carbocycles. The van der Waals surface area contributed by atoms with Crippen molar-refractivity contribution >= 4 is 23.2 Å². The van der Waals surface area contributed by atoms with Gasteiger partial charge in [0.2, 0.25) is 0 Å². The summed E-state index contributed by atoms with van der Waals surface area (Å²) in [6.45, 7) is 9.56. The molecule has 4 nitrogen and oxygen atoms in total. The van der Waals surface area contributed by atoms with Crippen molar-refractivity contribution in [3.05, 3.63) is 65.2 Å². The summed E-state index contributed by atoms with van der Waals surface area (Å²) < 4.78 is 11.1. The van der Waals surface area contributed by atoms with E-state index in [4.69, 9.17) is 21.1 Å². The van der Waals surface area contributed by atoms with Crippen molar-refractivity contribution in [2.45, 2.75) is 26.9 Å². The Balaban J connectivity index is 1.97. The molecule has 2 aromatic carbocycles. The summed E-state index contributed by atoms with van der Waals surface area (Å²) in [6, 6.07) is 10.8. The third-order valence-corrected chi connectivity index (χ3v) is 4.18. The lowest BCUT2D eigenvalue weighted by atomic mass is 10.1. The highest BCUT2D eigenvalue weighted by atomic mass is 35.5. The molecule has 132 valence electrons. The van der Waals surface area contributed by atoms with Crippen LogP contribution in [0.1, 0.15) is 18.1 Å². The van der Waals surface area contributed by atoms with Crippen molar-refractivity contribution in [1.29, 1.82) is 0 Å². The van der Waals surface area contributed by atoms with Gasteiger partial charge < -0.3 is 14.8 Å². The fourth-order valence-electron chi connectivity index (χ4n) is 2.27. The third-order valence-electron chi connectivity index (χ3n) is 3.58. The van der Waals surface area contributed by atoms with E-state index >= 15 is 0 Å². The normalized spacial score (nSPS) is 11.5. The molecule has 0 aliphatic carbocycles. The van der Waals surface area contributed by atoms with Crippen LogP contribution in [-0.4, -0.2) is 18.6 Å². The minimum atomic E-state index is -0.642. The maximum Gasteiger partial charge on any atom is 0.265 e. The molecule has 0 unspecified atom stereocenters. The molecule has 0 spiro atoms. The lowest BCUT2D eigenvalue weighted by molar-refractivity contribution is -0.122. The zero-order valence-corrected chi connectivity index (χ0v) is 15.4. The van der Waals surface area contributed by atoms with Crippen LogP contribution in [0.15, 0.2) is 49.1 Å². The topological polar surface area (TPSA) is 47.6 Å². The van der Waals surface area contributed by atoms with Crippen LogP contribution in [0.25, 0.3) is 0 Å². The standard InChI is InChI=1S/C20H22ClNO3/c1-5-10-24-17-8-6-16(7-9-17)22-20(23)15(4)25-18-11-13(2)19(21)14(3)12-18/h5-9,11-12,15H,1,10H2,2-4H3,(H,22,23)/t15-/m1/s1. The minimum absolute atomic E-state index is 0.231. The molecule has 0 aromatic heterocycles. The van der Waals surface area contributed by atoms with Crippen LogP contribution in [0.4, 0.5) is 5.69 Å². The van der Waals surface area contributed by atoms with Gasteiger partial charge in [0.25, 0.3) is 5.91 Å². The number of rotatable bonds is 7. The Labute approximate surface area is 153 Å². The van der Waals surface area contributed by atoms with E-state index in [1.165, 1.54) is 0 Å². The van der Waals surface area contributed by atoms with Crippen molar-refractivity contribution in [3.63, 3.8) is 0 Å². The summed E-state index contributed by atoms with van der Waals surface area (Å²) in [7, 11) is 0. The summed E-state index contributed by atoms with van der Waals surface area (Å²) in [5.41, 5.74) is 2.51. The van der Waals surface area contributed by atoms with Gasteiger partial charge in [0.05, 0.1) is 0 Å². The quantitative estimate of drug-likeness (QED) is 0.713. The molecule has 25 heavy (non-hydrogen) atoms. The van der Waals surface area contributed by atoms with E-state index in [1.54, 1.807) is 37.3 Å².